The van der Waals surface area contributed by atoms with Crippen molar-refractivity contribution in [3.63, 3.8) is 0 Å². The first-order valence-electron chi connectivity index (χ1n) is 13.3. The second kappa shape index (κ2) is 12.8. The van der Waals surface area contributed by atoms with Gasteiger partial charge in [-0.05, 0) is 62.3 Å². The van der Waals surface area contributed by atoms with Gasteiger partial charge in [0.15, 0.2) is 0 Å². The lowest BCUT2D eigenvalue weighted by molar-refractivity contribution is -0.111. The van der Waals surface area contributed by atoms with Crippen LogP contribution in [0.25, 0.3) is 11.3 Å². The van der Waals surface area contributed by atoms with Gasteiger partial charge in [0, 0.05) is 47.2 Å². The van der Waals surface area contributed by atoms with Crippen molar-refractivity contribution in [1.82, 2.24) is 10.2 Å². The van der Waals surface area contributed by atoms with Crippen LogP contribution in [0.2, 0.25) is 10.0 Å². The van der Waals surface area contributed by atoms with Crippen molar-refractivity contribution in [2.45, 2.75) is 51.9 Å². The third-order valence-corrected chi connectivity index (χ3v) is 8.00. The number of carbonyl (C=O) groups is 1. The first-order valence-corrected chi connectivity index (χ1v) is 14.1. The van der Waals surface area contributed by atoms with Crippen molar-refractivity contribution in [3.8, 4) is 22.8 Å². The smallest absolute Gasteiger partial charge is 0.247 e. The van der Waals surface area contributed by atoms with Crippen LogP contribution >= 0.6 is 23.2 Å². The average Bonchev–Trinajstić information content (AvgIpc) is 3.36. The molecule has 1 amide bonds. The van der Waals surface area contributed by atoms with Gasteiger partial charge in [0.25, 0.3) is 0 Å². The Kier molecular flexibility index (Phi) is 9.46. The van der Waals surface area contributed by atoms with Crippen molar-refractivity contribution < 1.29 is 14.3 Å². The molecule has 9 heteroatoms. The van der Waals surface area contributed by atoms with Gasteiger partial charge in [0.2, 0.25) is 5.91 Å². The van der Waals surface area contributed by atoms with Crippen molar-refractivity contribution in [1.29, 1.82) is 0 Å². The molecule has 208 valence electrons. The monoisotopic (exact) mass is 570 g/mol. The number of hydrogen-bond donors (Lipinski definition) is 2. The van der Waals surface area contributed by atoms with Gasteiger partial charge in [0.05, 0.1) is 35.6 Å². The molecule has 1 unspecified atom stereocenters. The lowest BCUT2D eigenvalue weighted by Crippen LogP contribution is -2.25. The Balaban J connectivity index is 1.75. The number of rotatable bonds is 11. The number of aromatic nitrogens is 2. The average molecular weight is 572 g/mol. The van der Waals surface area contributed by atoms with E-state index >= 15 is 0 Å². The maximum absolute atomic E-state index is 12.3. The summed E-state index contributed by atoms with van der Waals surface area (Å²) in [6, 6.07) is 7.86. The molecule has 1 aliphatic carbocycles. The summed E-state index contributed by atoms with van der Waals surface area (Å²) in [5.74, 6) is 0.869. The predicted molar refractivity (Wildman–Crippen MR) is 160 cm³/mol. The molecule has 0 aliphatic heterocycles. The minimum absolute atomic E-state index is 0.0608. The Bertz CT molecular complexity index is 1320. The Morgan fingerprint density at radius 2 is 1.82 bits per heavy atom. The molecule has 0 saturated carbocycles. The zero-order chi connectivity index (χ0) is 28.1. The summed E-state index contributed by atoms with van der Waals surface area (Å²) < 4.78 is 11.0. The summed E-state index contributed by atoms with van der Waals surface area (Å²) >= 11 is 13.5. The molecular formula is C30H36Cl2N4O3. The van der Waals surface area contributed by atoms with E-state index in [1.54, 1.807) is 20.3 Å². The standard InChI is InChI=1S/C30H36Cl2N4O3/c1-6-13-36(14-7-2)19-10-12-22(33-26(37)8-3)21(16-19)30-20-11-9-18(15-23(20)34-35-30)27-28(31)24(38-4)17-25(39-5)29(27)32/h8,10,12,16-18H,3,6-7,9,11,13-15H2,1-2,4-5H3,(H,33,37)(H,34,35). The number of H-pyrrole nitrogens is 1. The minimum atomic E-state index is -0.260. The number of halogens is 2. The van der Waals surface area contributed by atoms with Crippen LogP contribution < -0.4 is 19.7 Å². The van der Waals surface area contributed by atoms with E-state index in [-0.39, 0.29) is 11.8 Å². The Morgan fingerprint density at radius 1 is 1.15 bits per heavy atom. The van der Waals surface area contributed by atoms with Gasteiger partial charge in [0.1, 0.15) is 11.5 Å². The van der Waals surface area contributed by atoms with Crippen LogP contribution in [0.15, 0.2) is 36.9 Å². The molecule has 2 aromatic carbocycles. The highest BCUT2D eigenvalue weighted by Gasteiger charge is 2.31. The maximum atomic E-state index is 12.3. The highest BCUT2D eigenvalue weighted by Crippen LogP contribution is 2.48. The van der Waals surface area contributed by atoms with Gasteiger partial charge in [-0.1, -0.05) is 43.6 Å². The lowest BCUT2D eigenvalue weighted by atomic mass is 9.81. The van der Waals surface area contributed by atoms with Crippen LogP contribution in [0.1, 0.15) is 55.8 Å². The normalized spacial score (nSPS) is 14.5. The van der Waals surface area contributed by atoms with Crippen LogP contribution in [0, 0.1) is 0 Å². The Morgan fingerprint density at radius 3 is 2.41 bits per heavy atom. The molecule has 7 nitrogen and oxygen atoms in total. The molecule has 1 aromatic heterocycles. The van der Waals surface area contributed by atoms with E-state index in [1.807, 2.05) is 6.07 Å². The lowest BCUT2D eigenvalue weighted by Gasteiger charge is -2.27. The quantitative estimate of drug-likeness (QED) is 0.234. The molecular weight excluding hydrogens is 535 g/mol. The van der Waals surface area contributed by atoms with Crippen LogP contribution in [0.4, 0.5) is 11.4 Å². The molecule has 1 heterocycles. The van der Waals surface area contributed by atoms with Crippen LogP contribution in [-0.2, 0) is 17.6 Å². The van der Waals surface area contributed by atoms with E-state index in [0.717, 1.165) is 72.5 Å². The van der Waals surface area contributed by atoms with E-state index < -0.39 is 0 Å². The molecule has 0 spiro atoms. The number of nitrogens with one attached hydrogen (secondary N) is 2. The number of methoxy groups -OCH3 is 2. The van der Waals surface area contributed by atoms with Gasteiger partial charge in [-0.3, -0.25) is 9.89 Å². The van der Waals surface area contributed by atoms with Crippen molar-refractivity contribution in [2.24, 2.45) is 0 Å². The summed E-state index contributed by atoms with van der Waals surface area (Å²) in [4.78, 5) is 14.6. The van der Waals surface area contributed by atoms with E-state index in [1.165, 1.54) is 6.08 Å². The fraction of sp³-hybridized carbons (Fsp3) is 0.400. The molecule has 1 atom stereocenters. The highest BCUT2D eigenvalue weighted by atomic mass is 35.5. The number of benzene rings is 2. The highest BCUT2D eigenvalue weighted by molar-refractivity contribution is 6.38. The number of nitrogens with zero attached hydrogens (tertiary/aromatic N) is 2. The molecule has 3 aromatic rings. The number of ether oxygens (including phenoxy) is 2. The van der Waals surface area contributed by atoms with E-state index in [9.17, 15) is 4.79 Å². The summed E-state index contributed by atoms with van der Waals surface area (Å²) in [5.41, 5.74) is 6.53. The zero-order valence-electron chi connectivity index (χ0n) is 23.0. The second-order valence-electron chi connectivity index (χ2n) is 9.70. The number of aromatic amines is 1. The van der Waals surface area contributed by atoms with Gasteiger partial charge < -0.3 is 19.7 Å². The largest absolute Gasteiger partial charge is 0.495 e. The molecule has 4 rings (SSSR count). The van der Waals surface area contributed by atoms with Crippen molar-refractivity contribution >= 4 is 40.5 Å². The second-order valence-corrected chi connectivity index (χ2v) is 10.5. The van der Waals surface area contributed by atoms with E-state index in [0.29, 0.717) is 33.7 Å². The molecule has 0 saturated heterocycles. The predicted octanol–water partition coefficient (Wildman–Crippen LogP) is 7.42. The van der Waals surface area contributed by atoms with Crippen LogP contribution in [0.3, 0.4) is 0 Å². The van der Waals surface area contributed by atoms with Gasteiger partial charge >= 0.3 is 0 Å². The Hall–Kier alpha value is -3.16. The number of hydrogen-bond acceptors (Lipinski definition) is 5. The minimum Gasteiger partial charge on any atom is -0.495 e. The molecule has 0 fully saturated rings. The fourth-order valence-electron chi connectivity index (χ4n) is 5.37. The summed E-state index contributed by atoms with van der Waals surface area (Å²) in [5, 5.41) is 12.0. The molecule has 0 bridgehead atoms. The zero-order valence-corrected chi connectivity index (χ0v) is 24.5. The molecule has 1 aliphatic rings. The third kappa shape index (κ3) is 5.89. The third-order valence-electron chi connectivity index (χ3n) is 7.22. The van der Waals surface area contributed by atoms with Crippen LogP contribution in [-0.4, -0.2) is 43.4 Å². The first-order chi connectivity index (χ1) is 18.9. The first kappa shape index (κ1) is 28.8. The number of carbonyl (C=O) groups excluding carboxylic acids is 1. The molecule has 2 N–H and O–H groups in total. The number of anilines is 2. The van der Waals surface area contributed by atoms with Gasteiger partial charge in [-0.25, -0.2) is 0 Å². The topological polar surface area (TPSA) is 79.5 Å². The molecule has 0 radical (unpaired) electrons. The Labute approximate surface area is 240 Å². The SMILES string of the molecule is C=CC(=O)Nc1ccc(N(CCC)CCC)cc1-c1n[nH]c2c1CCC(c1c(Cl)c(OC)cc(OC)c1Cl)C2. The van der Waals surface area contributed by atoms with Gasteiger partial charge in [-0.15, -0.1) is 0 Å². The summed E-state index contributed by atoms with van der Waals surface area (Å²) in [6.45, 7) is 9.88. The summed E-state index contributed by atoms with van der Waals surface area (Å²) in [7, 11) is 3.16. The van der Waals surface area contributed by atoms with Crippen LogP contribution in [0.5, 0.6) is 11.5 Å². The number of amides is 1. The fourth-order valence-corrected chi connectivity index (χ4v) is 6.18. The number of fused-ring (bicyclic) bond motifs is 1. The van der Waals surface area contributed by atoms with E-state index in [2.05, 4.69) is 47.9 Å². The summed E-state index contributed by atoms with van der Waals surface area (Å²) in [6.07, 6.45) is 5.64. The van der Waals surface area contributed by atoms with Gasteiger partial charge in [-0.2, -0.15) is 5.10 Å². The van der Waals surface area contributed by atoms with E-state index in [4.69, 9.17) is 37.8 Å². The van der Waals surface area contributed by atoms with Crippen molar-refractivity contribution in [3.05, 3.63) is 63.8 Å². The maximum Gasteiger partial charge on any atom is 0.247 e. The van der Waals surface area contributed by atoms with Crippen molar-refractivity contribution in [2.75, 3.05) is 37.5 Å². The molecule has 39 heavy (non-hydrogen) atoms.